The number of benzene rings is 1. The maximum Gasteiger partial charge on any atom is 0.174 e. The van der Waals surface area contributed by atoms with E-state index >= 15 is 0 Å². The Morgan fingerprint density at radius 1 is 1.17 bits per heavy atom. The number of phenolic OH excluding ortho intramolecular Hbond substituents is 1. The number of aromatic hydroxyl groups is 1. The van der Waals surface area contributed by atoms with E-state index in [0.717, 1.165) is 32.1 Å². The molecule has 2 saturated carbocycles. The number of hydrogen-bond acceptors (Lipinski definition) is 4. The van der Waals surface area contributed by atoms with Crippen LogP contribution in [0.1, 0.15) is 49.7 Å². The molecular weight excluding hydrogens is 304 g/mol. The van der Waals surface area contributed by atoms with Gasteiger partial charge in [0, 0.05) is 17.8 Å². The molecule has 0 unspecified atom stereocenters. The summed E-state index contributed by atoms with van der Waals surface area (Å²) in [7, 11) is 0. The Labute approximate surface area is 142 Å². The lowest BCUT2D eigenvalue weighted by Gasteiger charge is -2.54. The van der Waals surface area contributed by atoms with Crippen LogP contribution < -0.4 is 0 Å². The first kappa shape index (κ1) is 15.2. The molecule has 4 heteroatoms. The standard InChI is InChI=1S/C20H26O4/c1-19-11-17(22)18-14-5-3-13(21)10-12(14)2-4-15(18)16(19)6-7-20(19)23-8-9-24-20/h3,5,10,15-18,21-22H,2,4,6-9,11H2,1H3/t15-,16-,17+,18+,19-/m0/s1. The summed E-state index contributed by atoms with van der Waals surface area (Å²) in [5.41, 5.74) is 2.35. The first-order chi connectivity index (χ1) is 11.5. The molecule has 0 radical (unpaired) electrons. The Hall–Kier alpha value is -1.10. The van der Waals surface area contributed by atoms with E-state index in [9.17, 15) is 10.2 Å². The number of hydrogen-bond donors (Lipinski definition) is 2. The summed E-state index contributed by atoms with van der Waals surface area (Å²) >= 11 is 0. The van der Waals surface area contributed by atoms with Crippen LogP contribution >= 0.6 is 0 Å². The molecule has 4 aliphatic rings. The third-order valence-electron chi connectivity index (χ3n) is 7.49. The Morgan fingerprint density at radius 3 is 2.75 bits per heavy atom. The predicted octanol–water partition coefficient (Wildman–Crippen LogP) is 2.96. The summed E-state index contributed by atoms with van der Waals surface area (Å²) in [4.78, 5) is 0. The first-order valence-electron chi connectivity index (χ1n) is 9.32. The van der Waals surface area contributed by atoms with Crippen molar-refractivity contribution in [3.63, 3.8) is 0 Å². The van der Waals surface area contributed by atoms with Gasteiger partial charge >= 0.3 is 0 Å². The van der Waals surface area contributed by atoms with E-state index in [1.165, 1.54) is 11.1 Å². The van der Waals surface area contributed by atoms with Crippen molar-refractivity contribution in [2.45, 2.75) is 56.8 Å². The number of aliphatic hydroxyl groups excluding tert-OH is 1. The summed E-state index contributed by atoms with van der Waals surface area (Å²) in [5.74, 6) is 1.05. The maximum atomic E-state index is 11.1. The summed E-state index contributed by atoms with van der Waals surface area (Å²) < 4.78 is 12.2. The predicted molar refractivity (Wildman–Crippen MR) is 88.7 cm³/mol. The number of rotatable bonds is 0. The highest BCUT2D eigenvalue weighted by atomic mass is 16.7. The SMILES string of the molecule is C[C@]12C[C@@H](O)[C@@H]3c4ccc(O)cc4CC[C@H]3[C@@H]1CCC21OCCO1. The second-order valence-electron chi connectivity index (χ2n) is 8.40. The van der Waals surface area contributed by atoms with Gasteiger partial charge in [-0.25, -0.2) is 0 Å². The molecule has 1 spiro atoms. The smallest absolute Gasteiger partial charge is 0.174 e. The topological polar surface area (TPSA) is 58.9 Å². The van der Waals surface area contributed by atoms with E-state index in [4.69, 9.17) is 9.47 Å². The molecule has 2 N–H and O–H groups in total. The summed E-state index contributed by atoms with van der Waals surface area (Å²) in [6.45, 7) is 3.63. The van der Waals surface area contributed by atoms with Gasteiger partial charge in [0.25, 0.3) is 0 Å². The van der Waals surface area contributed by atoms with E-state index in [2.05, 4.69) is 6.92 Å². The molecule has 24 heavy (non-hydrogen) atoms. The third-order valence-corrected chi connectivity index (χ3v) is 7.49. The van der Waals surface area contributed by atoms with Crippen LogP contribution in [0.15, 0.2) is 18.2 Å². The van der Waals surface area contributed by atoms with Gasteiger partial charge in [0.2, 0.25) is 0 Å². The minimum atomic E-state index is -0.473. The highest BCUT2D eigenvalue weighted by Gasteiger charge is 2.66. The van der Waals surface area contributed by atoms with E-state index in [1.807, 2.05) is 12.1 Å². The number of aryl methyl sites for hydroxylation is 1. The molecule has 3 aliphatic carbocycles. The van der Waals surface area contributed by atoms with Crippen LogP contribution in [0.5, 0.6) is 5.75 Å². The summed E-state index contributed by atoms with van der Waals surface area (Å²) in [6, 6.07) is 5.67. The molecule has 1 heterocycles. The largest absolute Gasteiger partial charge is 0.508 e. The molecular formula is C20H26O4. The number of ether oxygens (including phenoxy) is 2. The van der Waals surface area contributed by atoms with E-state index < -0.39 is 5.79 Å². The Kier molecular flexibility index (Phi) is 3.14. The van der Waals surface area contributed by atoms with Crippen LogP contribution in [-0.2, 0) is 15.9 Å². The Bertz CT molecular complexity index is 666. The fourth-order valence-electron chi connectivity index (χ4n) is 6.53. The minimum absolute atomic E-state index is 0.0987. The van der Waals surface area contributed by atoms with Gasteiger partial charge in [-0.05, 0) is 60.8 Å². The first-order valence-corrected chi connectivity index (χ1v) is 9.32. The van der Waals surface area contributed by atoms with Crippen LogP contribution in [0.25, 0.3) is 0 Å². The number of fused-ring (bicyclic) bond motifs is 6. The van der Waals surface area contributed by atoms with Crippen molar-refractivity contribution in [1.82, 2.24) is 0 Å². The Morgan fingerprint density at radius 2 is 1.96 bits per heavy atom. The van der Waals surface area contributed by atoms with Crippen LogP contribution in [0.4, 0.5) is 0 Å². The van der Waals surface area contributed by atoms with Gasteiger partial charge in [-0.2, -0.15) is 0 Å². The zero-order valence-corrected chi connectivity index (χ0v) is 14.2. The lowest BCUT2D eigenvalue weighted by molar-refractivity contribution is -0.246. The zero-order chi connectivity index (χ0) is 16.5. The van der Waals surface area contributed by atoms with Crippen molar-refractivity contribution in [2.24, 2.45) is 17.3 Å². The molecule has 0 amide bonds. The van der Waals surface area contributed by atoms with Crippen molar-refractivity contribution < 1.29 is 19.7 Å². The summed E-state index contributed by atoms with van der Waals surface area (Å²) in [5, 5.41) is 20.9. The van der Waals surface area contributed by atoms with Crippen molar-refractivity contribution in [3.05, 3.63) is 29.3 Å². The van der Waals surface area contributed by atoms with E-state index in [0.29, 0.717) is 30.8 Å². The molecule has 5 rings (SSSR count). The van der Waals surface area contributed by atoms with Gasteiger partial charge in [0.15, 0.2) is 5.79 Å². The molecule has 0 bridgehead atoms. The van der Waals surface area contributed by atoms with Gasteiger partial charge < -0.3 is 19.7 Å². The molecule has 5 atom stereocenters. The van der Waals surface area contributed by atoms with Crippen molar-refractivity contribution >= 4 is 0 Å². The summed E-state index contributed by atoms with van der Waals surface area (Å²) in [6.07, 6.45) is 4.50. The van der Waals surface area contributed by atoms with Crippen molar-refractivity contribution in [2.75, 3.05) is 13.2 Å². The number of aliphatic hydroxyl groups is 1. The molecule has 1 saturated heterocycles. The molecule has 0 aromatic heterocycles. The Balaban J connectivity index is 1.56. The lowest BCUT2D eigenvalue weighted by atomic mass is 9.53. The zero-order valence-electron chi connectivity index (χ0n) is 14.2. The van der Waals surface area contributed by atoms with Crippen LogP contribution in [0.3, 0.4) is 0 Å². The third kappa shape index (κ3) is 1.80. The highest BCUT2D eigenvalue weighted by molar-refractivity contribution is 5.41. The molecule has 3 fully saturated rings. The van der Waals surface area contributed by atoms with E-state index in [-0.39, 0.29) is 17.4 Å². The van der Waals surface area contributed by atoms with E-state index in [1.54, 1.807) is 6.07 Å². The average molecular weight is 330 g/mol. The monoisotopic (exact) mass is 330 g/mol. The van der Waals surface area contributed by atoms with Gasteiger partial charge in [-0.1, -0.05) is 13.0 Å². The van der Waals surface area contributed by atoms with Gasteiger partial charge in [-0.3, -0.25) is 0 Å². The molecule has 1 aliphatic heterocycles. The fourth-order valence-corrected chi connectivity index (χ4v) is 6.53. The molecule has 1 aromatic rings. The normalized spacial score (nSPS) is 42.6. The van der Waals surface area contributed by atoms with Gasteiger partial charge in [-0.15, -0.1) is 0 Å². The molecule has 1 aromatic carbocycles. The van der Waals surface area contributed by atoms with Gasteiger partial charge in [0.05, 0.1) is 19.3 Å². The quantitative estimate of drug-likeness (QED) is 0.768. The van der Waals surface area contributed by atoms with Gasteiger partial charge in [0.1, 0.15) is 5.75 Å². The fraction of sp³-hybridized carbons (Fsp3) is 0.700. The second kappa shape index (κ2) is 4.96. The number of phenols is 1. The molecule has 4 nitrogen and oxygen atoms in total. The van der Waals surface area contributed by atoms with Crippen molar-refractivity contribution in [3.8, 4) is 5.75 Å². The van der Waals surface area contributed by atoms with Crippen molar-refractivity contribution in [1.29, 1.82) is 0 Å². The molecule has 130 valence electrons. The average Bonchev–Trinajstić information content (AvgIpc) is 3.14. The van der Waals surface area contributed by atoms with Crippen LogP contribution in [0.2, 0.25) is 0 Å². The lowest BCUT2D eigenvalue weighted by Crippen LogP contribution is -2.55. The minimum Gasteiger partial charge on any atom is -0.508 e. The van der Waals surface area contributed by atoms with Crippen LogP contribution in [-0.4, -0.2) is 35.3 Å². The maximum absolute atomic E-state index is 11.1. The van der Waals surface area contributed by atoms with Crippen LogP contribution in [0, 0.1) is 17.3 Å². The second-order valence-corrected chi connectivity index (χ2v) is 8.40. The highest BCUT2D eigenvalue weighted by Crippen LogP contribution is 2.66.